The average Bonchev–Trinajstić information content (AvgIpc) is 3.02. The van der Waals surface area contributed by atoms with Crippen molar-refractivity contribution in [1.29, 1.82) is 0 Å². The van der Waals surface area contributed by atoms with E-state index in [1.54, 1.807) is 38.3 Å². The molecule has 0 aromatic carbocycles. The lowest BCUT2D eigenvalue weighted by Crippen LogP contribution is -2.35. The second kappa shape index (κ2) is 6.33. The molecule has 0 fully saturated rings. The molecule has 0 spiro atoms. The van der Waals surface area contributed by atoms with Gasteiger partial charge in [-0.15, -0.1) is 16.1 Å². The lowest BCUT2D eigenvalue weighted by Gasteiger charge is -2.22. The summed E-state index contributed by atoms with van der Waals surface area (Å²) < 4.78 is 5.79. The van der Waals surface area contributed by atoms with E-state index in [9.17, 15) is 19.8 Å². The van der Waals surface area contributed by atoms with Crippen LogP contribution in [0.15, 0.2) is 29.6 Å². The molecular weight excluding hydrogens is 322 g/mol. The van der Waals surface area contributed by atoms with Crippen LogP contribution in [0.1, 0.15) is 31.6 Å². The molecule has 2 aromatic heterocycles. The van der Waals surface area contributed by atoms with Crippen LogP contribution in [0.3, 0.4) is 0 Å². The van der Waals surface area contributed by atoms with Gasteiger partial charge in [-0.25, -0.2) is 4.79 Å². The number of carbonyl (C=O) groups excluding carboxylic acids is 2. The molecule has 8 heteroatoms. The molecule has 0 bridgehead atoms. The van der Waals surface area contributed by atoms with Gasteiger partial charge in [-0.2, -0.15) is 0 Å². The largest absolute Gasteiger partial charge is 0.492 e. The Kier molecular flexibility index (Phi) is 4.65. The molecule has 1 atom stereocenters. The van der Waals surface area contributed by atoms with Crippen molar-refractivity contribution in [3.8, 4) is 11.8 Å². The Morgan fingerprint density at radius 2 is 1.74 bits per heavy atom. The Hall–Kier alpha value is -2.48. The summed E-state index contributed by atoms with van der Waals surface area (Å²) in [7, 11) is 0. The van der Waals surface area contributed by atoms with E-state index in [1.165, 1.54) is 11.3 Å². The van der Waals surface area contributed by atoms with E-state index < -0.39 is 35.2 Å². The molecule has 0 saturated heterocycles. The minimum Gasteiger partial charge on any atom is -0.492 e. The Morgan fingerprint density at radius 3 is 2.22 bits per heavy atom. The molecule has 2 rings (SSSR count). The van der Waals surface area contributed by atoms with Crippen molar-refractivity contribution in [3.63, 3.8) is 0 Å². The van der Waals surface area contributed by atoms with Crippen molar-refractivity contribution in [3.05, 3.63) is 34.5 Å². The first-order valence-electron chi connectivity index (χ1n) is 6.77. The average molecular weight is 339 g/mol. The zero-order chi connectivity index (χ0) is 17.2. The quantitative estimate of drug-likeness (QED) is 0.653. The van der Waals surface area contributed by atoms with Gasteiger partial charge in [-0.05, 0) is 32.2 Å². The van der Waals surface area contributed by atoms with Crippen molar-refractivity contribution in [1.82, 2.24) is 4.73 Å². The molecule has 23 heavy (non-hydrogen) atoms. The van der Waals surface area contributed by atoms with Gasteiger partial charge in [0.05, 0.1) is 0 Å². The van der Waals surface area contributed by atoms with Crippen LogP contribution in [-0.4, -0.2) is 32.5 Å². The van der Waals surface area contributed by atoms with Gasteiger partial charge in [-0.1, -0.05) is 6.07 Å². The smallest absolute Gasteiger partial charge is 0.352 e. The Balaban J connectivity index is 2.27. The lowest BCUT2D eigenvalue weighted by molar-refractivity contribution is -0.165. The summed E-state index contributed by atoms with van der Waals surface area (Å²) in [5.41, 5.74) is -0.773. The van der Waals surface area contributed by atoms with Crippen molar-refractivity contribution < 1.29 is 29.4 Å². The third kappa shape index (κ3) is 4.04. The monoisotopic (exact) mass is 339 g/mol. The van der Waals surface area contributed by atoms with E-state index in [0.717, 1.165) is 12.1 Å². The van der Waals surface area contributed by atoms with Crippen LogP contribution in [0, 0.1) is 0 Å². The maximum atomic E-state index is 12.4. The number of hydrogen-bond donors (Lipinski definition) is 2. The van der Waals surface area contributed by atoms with Gasteiger partial charge in [-0.3, -0.25) is 4.79 Å². The van der Waals surface area contributed by atoms with Crippen molar-refractivity contribution in [2.45, 2.75) is 32.3 Å². The number of thiophene rings is 1. The van der Waals surface area contributed by atoms with E-state index in [-0.39, 0.29) is 0 Å². The second-order valence-electron chi connectivity index (χ2n) is 5.74. The first-order valence-corrected chi connectivity index (χ1v) is 7.65. The molecule has 0 aliphatic rings. The number of aromatic nitrogens is 1. The third-order valence-corrected chi connectivity index (χ3v) is 3.62. The predicted molar refractivity (Wildman–Crippen MR) is 82.3 cm³/mol. The van der Waals surface area contributed by atoms with Gasteiger partial charge >= 0.3 is 11.9 Å². The van der Waals surface area contributed by atoms with Crippen LogP contribution in [0.4, 0.5) is 0 Å². The molecule has 2 heterocycles. The molecule has 2 N–H and O–H groups in total. The van der Waals surface area contributed by atoms with Crippen LogP contribution in [0.2, 0.25) is 0 Å². The number of nitrogens with zero attached hydrogens (tertiary/aromatic N) is 1. The molecule has 0 aliphatic heterocycles. The van der Waals surface area contributed by atoms with Crippen molar-refractivity contribution in [2.75, 3.05) is 0 Å². The minimum atomic E-state index is -1.31. The summed E-state index contributed by atoms with van der Waals surface area (Å²) in [6.07, 6.45) is 0. The number of esters is 1. The number of carbonyl (C=O) groups is 2. The molecule has 1 unspecified atom stereocenters. The maximum Gasteiger partial charge on any atom is 0.352 e. The van der Waals surface area contributed by atoms with Gasteiger partial charge in [0.2, 0.25) is 11.8 Å². The molecule has 0 saturated carbocycles. The van der Waals surface area contributed by atoms with E-state index in [0.29, 0.717) is 9.61 Å². The van der Waals surface area contributed by atoms with Crippen LogP contribution >= 0.6 is 11.3 Å². The SMILES string of the molecule is CC(C)(C)OC(=O)C(C(=O)On1c(O)ccc1O)c1cccs1. The Bertz CT molecular complexity index is 679. The highest BCUT2D eigenvalue weighted by Crippen LogP contribution is 2.27. The number of ether oxygens (including phenoxy) is 1. The van der Waals surface area contributed by atoms with E-state index in [1.807, 2.05) is 0 Å². The van der Waals surface area contributed by atoms with Gasteiger partial charge in [0.1, 0.15) is 5.60 Å². The van der Waals surface area contributed by atoms with Gasteiger partial charge in [0, 0.05) is 17.0 Å². The van der Waals surface area contributed by atoms with Gasteiger partial charge in [0.15, 0.2) is 5.92 Å². The van der Waals surface area contributed by atoms with E-state index >= 15 is 0 Å². The third-order valence-electron chi connectivity index (χ3n) is 2.68. The summed E-state index contributed by atoms with van der Waals surface area (Å²) >= 11 is 1.20. The van der Waals surface area contributed by atoms with Gasteiger partial charge in [0.25, 0.3) is 0 Å². The van der Waals surface area contributed by atoms with E-state index in [4.69, 9.17) is 9.57 Å². The molecule has 0 amide bonds. The maximum absolute atomic E-state index is 12.4. The van der Waals surface area contributed by atoms with E-state index in [2.05, 4.69) is 0 Å². The predicted octanol–water partition coefficient (Wildman–Crippen LogP) is 2.04. The minimum absolute atomic E-state index is 0.440. The fourth-order valence-corrected chi connectivity index (χ4v) is 2.58. The zero-order valence-electron chi connectivity index (χ0n) is 12.8. The van der Waals surface area contributed by atoms with Gasteiger partial charge < -0.3 is 19.8 Å². The molecule has 2 aromatic rings. The summed E-state index contributed by atoms with van der Waals surface area (Å²) in [4.78, 5) is 30.1. The highest BCUT2D eigenvalue weighted by Gasteiger charge is 2.36. The molecular formula is C15H17NO6S. The molecule has 0 aliphatic carbocycles. The number of hydrogen-bond acceptors (Lipinski definition) is 7. The summed E-state index contributed by atoms with van der Waals surface area (Å²) in [6, 6.07) is 5.59. The van der Waals surface area contributed by atoms with Crippen LogP contribution in [-0.2, 0) is 14.3 Å². The Morgan fingerprint density at radius 1 is 1.13 bits per heavy atom. The standard InChI is InChI=1S/C15H17NO6S/c1-15(2,3)21-13(19)12(9-5-4-8-23-9)14(20)22-16-10(17)6-7-11(16)18/h4-8,12,17-18H,1-3H3. The molecule has 124 valence electrons. The number of rotatable bonds is 4. The number of aromatic hydroxyl groups is 2. The normalized spacial score (nSPS) is 12.7. The van der Waals surface area contributed by atoms with Crippen LogP contribution in [0.5, 0.6) is 11.8 Å². The molecule has 0 radical (unpaired) electrons. The van der Waals surface area contributed by atoms with Crippen molar-refractivity contribution in [2.24, 2.45) is 0 Å². The lowest BCUT2D eigenvalue weighted by atomic mass is 10.1. The highest BCUT2D eigenvalue weighted by atomic mass is 32.1. The van der Waals surface area contributed by atoms with Crippen molar-refractivity contribution >= 4 is 23.3 Å². The zero-order valence-corrected chi connectivity index (χ0v) is 13.7. The second-order valence-corrected chi connectivity index (χ2v) is 6.72. The summed E-state index contributed by atoms with van der Waals surface area (Å²) in [5, 5.41) is 20.8. The Labute approximate surface area is 136 Å². The summed E-state index contributed by atoms with van der Waals surface area (Å²) in [6.45, 7) is 5.06. The molecule has 7 nitrogen and oxygen atoms in total. The highest BCUT2D eigenvalue weighted by molar-refractivity contribution is 7.10. The van der Waals surface area contributed by atoms with Crippen LogP contribution < -0.4 is 4.84 Å². The fourth-order valence-electron chi connectivity index (χ4n) is 1.78. The fraction of sp³-hybridized carbons (Fsp3) is 0.333. The first-order chi connectivity index (χ1) is 10.7. The first kappa shape index (κ1) is 16.9. The van der Waals surface area contributed by atoms with Crippen LogP contribution in [0.25, 0.3) is 0 Å². The summed E-state index contributed by atoms with van der Waals surface area (Å²) in [5.74, 6) is -3.98. The topological polar surface area (TPSA) is 98.0 Å².